The molecule has 0 aliphatic carbocycles. The molecule has 0 aromatic heterocycles. The molecule has 0 amide bonds. The quantitative estimate of drug-likeness (QED) is 0.626. The zero-order chi connectivity index (χ0) is 15.7. The van der Waals surface area contributed by atoms with Crippen LogP contribution in [-0.2, 0) is 5.41 Å². The van der Waals surface area contributed by atoms with Crippen LogP contribution in [-0.4, -0.2) is 19.7 Å². The molecule has 0 fully saturated rings. The van der Waals surface area contributed by atoms with E-state index in [2.05, 4.69) is 64.2 Å². The molecule has 2 heteroatoms. The summed E-state index contributed by atoms with van der Waals surface area (Å²) >= 11 is 0. The Morgan fingerprint density at radius 1 is 1.10 bits per heavy atom. The minimum Gasteiger partial charge on any atom is -0.492 e. The normalized spacial score (nSPS) is 11.9. The zero-order valence-corrected chi connectivity index (χ0v) is 14.5. The Bertz CT molecular complexity index is 381. The molecule has 1 aromatic carbocycles. The highest BCUT2D eigenvalue weighted by Gasteiger charge is 2.17. The average molecular weight is 291 g/mol. The second-order valence-electron chi connectivity index (χ2n) is 6.90. The van der Waals surface area contributed by atoms with Crippen molar-refractivity contribution in [2.45, 2.75) is 59.3 Å². The largest absolute Gasteiger partial charge is 0.492 e. The molecular weight excluding hydrogens is 258 g/mol. The Morgan fingerprint density at radius 2 is 1.76 bits per heavy atom. The Morgan fingerprint density at radius 3 is 2.33 bits per heavy atom. The fourth-order valence-corrected chi connectivity index (χ4v) is 2.21. The third-order valence-electron chi connectivity index (χ3n) is 4.20. The molecule has 0 radical (unpaired) electrons. The van der Waals surface area contributed by atoms with Crippen LogP contribution in [0.5, 0.6) is 5.75 Å². The Balaban J connectivity index is 2.21. The summed E-state index contributed by atoms with van der Waals surface area (Å²) in [6.07, 6.45) is 3.69. The van der Waals surface area contributed by atoms with Crippen molar-refractivity contribution in [3.63, 3.8) is 0 Å². The summed E-state index contributed by atoms with van der Waals surface area (Å²) in [5.74, 6) is 1.77. The summed E-state index contributed by atoms with van der Waals surface area (Å²) in [7, 11) is 0. The van der Waals surface area contributed by atoms with E-state index in [9.17, 15) is 0 Å². The summed E-state index contributed by atoms with van der Waals surface area (Å²) in [6.45, 7) is 14.1. The minimum absolute atomic E-state index is 0.247. The fraction of sp³-hybridized carbons (Fsp3) is 0.684. The Kier molecular flexibility index (Phi) is 7.81. The second-order valence-corrected chi connectivity index (χ2v) is 6.90. The van der Waals surface area contributed by atoms with Gasteiger partial charge in [0.05, 0.1) is 0 Å². The van der Waals surface area contributed by atoms with Gasteiger partial charge in [-0.05, 0) is 54.8 Å². The highest BCUT2D eigenvalue weighted by Crippen LogP contribution is 2.27. The van der Waals surface area contributed by atoms with Crippen LogP contribution in [0.4, 0.5) is 0 Å². The number of hydrogen-bond acceptors (Lipinski definition) is 2. The lowest BCUT2D eigenvalue weighted by Gasteiger charge is -2.23. The maximum atomic E-state index is 5.77. The predicted octanol–water partition coefficient (Wildman–Crippen LogP) is 4.78. The smallest absolute Gasteiger partial charge is 0.119 e. The maximum absolute atomic E-state index is 5.77. The van der Waals surface area contributed by atoms with Crippen LogP contribution >= 0.6 is 0 Å². The van der Waals surface area contributed by atoms with Crippen LogP contribution in [0.1, 0.15) is 59.4 Å². The van der Waals surface area contributed by atoms with E-state index in [-0.39, 0.29) is 5.41 Å². The molecule has 0 heterocycles. The van der Waals surface area contributed by atoms with Gasteiger partial charge < -0.3 is 10.1 Å². The van der Waals surface area contributed by atoms with E-state index in [1.54, 1.807) is 0 Å². The lowest BCUT2D eigenvalue weighted by atomic mass is 9.82. The monoisotopic (exact) mass is 291 g/mol. The van der Waals surface area contributed by atoms with Crippen molar-refractivity contribution < 1.29 is 4.74 Å². The van der Waals surface area contributed by atoms with Gasteiger partial charge >= 0.3 is 0 Å². The molecule has 0 unspecified atom stereocenters. The van der Waals surface area contributed by atoms with Crippen molar-refractivity contribution >= 4 is 0 Å². The Labute approximate surface area is 131 Å². The van der Waals surface area contributed by atoms with E-state index < -0.39 is 0 Å². The maximum Gasteiger partial charge on any atom is 0.119 e. The molecule has 1 aromatic rings. The van der Waals surface area contributed by atoms with Crippen LogP contribution in [0.2, 0.25) is 0 Å². The van der Waals surface area contributed by atoms with Gasteiger partial charge in [-0.2, -0.15) is 0 Å². The fourth-order valence-electron chi connectivity index (χ4n) is 2.21. The van der Waals surface area contributed by atoms with Gasteiger partial charge in [0.15, 0.2) is 0 Å². The molecule has 0 spiro atoms. The first-order valence-corrected chi connectivity index (χ1v) is 8.39. The van der Waals surface area contributed by atoms with Crippen molar-refractivity contribution in [2.24, 2.45) is 5.92 Å². The van der Waals surface area contributed by atoms with E-state index in [1.165, 1.54) is 18.4 Å². The van der Waals surface area contributed by atoms with Gasteiger partial charge in [-0.1, -0.05) is 46.8 Å². The number of rotatable bonds is 10. The summed E-state index contributed by atoms with van der Waals surface area (Å²) in [5, 5.41) is 3.43. The lowest BCUT2D eigenvalue weighted by Crippen LogP contribution is -2.22. The van der Waals surface area contributed by atoms with Crippen LogP contribution < -0.4 is 10.1 Å². The third kappa shape index (κ3) is 6.99. The third-order valence-corrected chi connectivity index (χ3v) is 4.20. The molecular formula is C19H33NO. The van der Waals surface area contributed by atoms with Gasteiger partial charge in [0.25, 0.3) is 0 Å². The van der Waals surface area contributed by atoms with Crippen LogP contribution in [0.3, 0.4) is 0 Å². The van der Waals surface area contributed by atoms with Crippen molar-refractivity contribution in [3.05, 3.63) is 29.8 Å². The Hall–Kier alpha value is -1.02. The first-order valence-electron chi connectivity index (χ1n) is 8.39. The van der Waals surface area contributed by atoms with E-state index >= 15 is 0 Å². The molecule has 2 nitrogen and oxygen atoms in total. The first kappa shape index (κ1) is 18.0. The highest BCUT2D eigenvalue weighted by molar-refractivity contribution is 5.31. The van der Waals surface area contributed by atoms with E-state index in [0.29, 0.717) is 0 Å². The van der Waals surface area contributed by atoms with E-state index in [0.717, 1.165) is 37.8 Å². The zero-order valence-electron chi connectivity index (χ0n) is 14.5. The lowest BCUT2D eigenvalue weighted by molar-refractivity contribution is 0.312. The van der Waals surface area contributed by atoms with Crippen molar-refractivity contribution in [2.75, 3.05) is 19.7 Å². The number of benzene rings is 1. The summed E-state index contributed by atoms with van der Waals surface area (Å²) < 4.78 is 5.77. The minimum atomic E-state index is 0.247. The SMILES string of the molecule is CCC(C)(C)c1ccc(OCCNCCCC(C)C)cc1. The van der Waals surface area contributed by atoms with Gasteiger partial charge in [0.2, 0.25) is 0 Å². The highest BCUT2D eigenvalue weighted by atomic mass is 16.5. The van der Waals surface area contributed by atoms with Crippen molar-refractivity contribution in [1.29, 1.82) is 0 Å². The topological polar surface area (TPSA) is 21.3 Å². The second kappa shape index (κ2) is 9.09. The molecule has 120 valence electrons. The molecule has 1 N–H and O–H groups in total. The van der Waals surface area contributed by atoms with E-state index in [1.807, 2.05) is 0 Å². The number of hydrogen-bond donors (Lipinski definition) is 1. The molecule has 0 saturated heterocycles. The van der Waals surface area contributed by atoms with Crippen molar-refractivity contribution in [3.8, 4) is 5.75 Å². The summed E-state index contributed by atoms with van der Waals surface area (Å²) in [5.41, 5.74) is 1.63. The molecule has 0 aliphatic heterocycles. The van der Waals surface area contributed by atoms with Crippen molar-refractivity contribution in [1.82, 2.24) is 5.32 Å². The van der Waals surface area contributed by atoms with E-state index in [4.69, 9.17) is 4.74 Å². The molecule has 21 heavy (non-hydrogen) atoms. The first-order chi connectivity index (χ1) is 9.95. The average Bonchev–Trinajstić information content (AvgIpc) is 2.46. The molecule has 0 atom stereocenters. The standard InChI is InChI=1S/C19H33NO/c1-6-19(4,5)17-9-11-18(12-10-17)21-15-14-20-13-7-8-16(2)3/h9-12,16,20H,6-8,13-15H2,1-5H3. The predicted molar refractivity (Wildman–Crippen MR) is 92.2 cm³/mol. The molecule has 0 aliphatic rings. The summed E-state index contributed by atoms with van der Waals surface area (Å²) in [6, 6.07) is 8.56. The van der Waals surface area contributed by atoms with Crippen LogP contribution in [0.25, 0.3) is 0 Å². The van der Waals surface area contributed by atoms with Gasteiger partial charge in [0, 0.05) is 6.54 Å². The van der Waals surface area contributed by atoms with Crippen LogP contribution in [0, 0.1) is 5.92 Å². The summed E-state index contributed by atoms with van der Waals surface area (Å²) in [4.78, 5) is 0. The molecule has 0 saturated carbocycles. The molecule has 1 rings (SSSR count). The van der Waals surface area contributed by atoms with Gasteiger partial charge in [0.1, 0.15) is 12.4 Å². The van der Waals surface area contributed by atoms with Gasteiger partial charge in [-0.3, -0.25) is 0 Å². The van der Waals surface area contributed by atoms with Gasteiger partial charge in [-0.15, -0.1) is 0 Å². The number of nitrogens with one attached hydrogen (secondary N) is 1. The number of ether oxygens (including phenoxy) is 1. The van der Waals surface area contributed by atoms with Crippen LogP contribution in [0.15, 0.2) is 24.3 Å². The molecule has 0 bridgehead atoms. The van der Waals surface area contributed by atoms with Gasteiger partial charge in [-0.25, -0.2) is 0 Å².